The number of benzene rings is 1. The molecule has 0 aliphatic carbocycles. The SMILES string of the molecule is CC(C)(C)c1ccc(S(=O)(=O)Cl)c(Br)c1. The molecular weight excluding hydrogens is 300 g/mol. The molecule has 0 N–H and O–H groups in total. The van der Waals surface area contributed by atoms with Gasteiger partial charge in [0.05, 0.1) is 4.90 Å². The molecule has 0 radical (unpaired) electrons. The van der Waals surface area contributed by atoms with Crippen LogP contribution in [0.2, 0.25) is 0 Å². The highest BCUT2D eigenvalue weighted by Crippen LogP contribution is 2.30. The first kappa shape index (κ1) is 13.0. The topological polar surface area (TPSA) is 34.1 Å². The Hall–Kier alpha value is -0.0600. The third kappa shape index (κ3) is 3.20. The summed E-state index contributed by atoms with van der Waals surface area (Å²) in [5.41, 5.74) is 1.04. The Morgan fingerprint density at radius 1 is 1.27 bits per heavy atom. The van der Waals surface area contributed by atoms with Gasteiger partial charge in [-0.05, 0) is 39.0 Å². The highest BCUT2D eigenvalue weighted by Gasteiger charge is 2.19. The van der Waals surface area contributed by atoms with Crippen molar-refractivity contribution in [1.29, 1.82) is 0 Å². The lowest BCUT2D eigenvalue weighted by Crippen LogP contribution is -2.11. The summed E-state index contributed by atoms with van der Waals surface area (Å²) in [5, 5.41) is 0. The van der Waals surface area contributed by atoms with Gasteiger partial charge in [0.1, 0.15) is 0 Å². The van der Waals surface area contributed by atoms with E-state index in [0.29, 0.717) is 4.47 Å². The highest BCUT2D eigenvalue weighted by molar-refractivity contribution is 9.10. The maximum absolute atomic E-state index is 11.2. The average Bonchev–Trinajstić information content (AvgIpc) is 1.99. The van der Waals surface area contributed by atoms with Crippen molar-refractivity contribution >= 4 is 35.7 Å². The lowest BCUT2D eigenvalue weighted by atomic mass is 9.87. The maximum Gasteiger partial charge on any atom is 0.262 e. The largest absolute Gasteiger partial charge is 0.262 e. The number of rotatable bonds is 1. The van der Waals surface area contributed by atoms with Gasteiger partial charge in [-0.25, -0.2) is 8.42 Å². The van der Waals surface area contributed by atoms with Gasteiger partial charge in [-0.1, -0.05) is 26.8 Å². The van der Waals surface area contributed by atoms with Crippen LogP contribution >= 0.6 is 26.6 Å². The molecule has 2 nitrogen and oxygen atoms in total. The highest BCUT2D eigenvalue weighted by atomic mass is 79.9. The summed E-state index contributed by atoms with van der Waals surface area (Å²) in [4.78, 5) is 0.108. The molecule has 0 amide bonds. The van der Waals surface area contributed by atoms with Crippen LogP contribution in [0.1, 0.15) is 26.3 Å². The second kappa shape index (κ2) is 4.07. The maximum atomic E-state index is 11.2. The van der Waals surface area contributed by atoms with Gasteiger partial charge in [-0.2, -0.15) is 0 Å². The second-order valence-electron chi connectivity index (χ2n) is 4.33. The van der Waals surface area contributed by atoms with Gasteiger partial charge in [0.2, 0.25) is 0 Å². The molecule has 1 rings (SSSR count). The van der Waals surface area contributed by atoms with Crippen LogP contribution in [0, 0.1) is 0 Å². The van der Waals surface area contributed by atoms with E-state index in [4.69, 9.17) is 10.7 Å². The van der Waals surface area contributed by atoms with Crippen LogP contribution in [0.5, 0.6) is 0 Å². The van der Waals surface area contributed by atoms with Crippen molar-refractivity contribution in [3.8, 4) is 0 Å². The summed E-state index contributed by atoms with van der Waals surface area (Å²) in [5.74, 6) is 0. The van der Waals surface area contributed by atoms with E-state index in [9.17, 15) is 8.42 Å². The molecule has 1 aromatic carbocycles. The molecule has 0 bridgehead atoms. The molecule has 0 spiro atoms. The monoisotopic (exact) mass is 310 g/mol. The Kier molecular flexibility index (Phi) is 3.53. The molecule has 1 aromatic rings. The number of hydrogen-bond donors (Lipinski definition) is 0. The van der Waals surface area contributed by atoms with Crippen LogP contribution < -0.4 is 0 Å². The molecule has 0 aromatic heterocycles. The van der Waals surface area contributed by atoms with Gasteiger partial charge in [0.15, 0.2) is 0 Å². The average molecular weight is 312 g/mol. The fourth-order valence-electron chi connectivity index (χ4n) is 1.17. The van der Waals surface area contributed by atoms with Crippen molar-refractivity contribution in [1.82, 2.24) is 0 Å². The van der Waals surface area contributed by atoms with E-state index in [1.807, 2.05) is 0 Å². The minimum absolute atomic E-state index is 0.0167. The summed E-state index contributed by atoms with van der Waals surface area (Å²) in [6.45, 7) is 6.18. The zero-order valence-electron chi connectivity index (χ0n) is 8.71. The third-order valence-electron chi connectivity index (χ3n) is 2.06. The molecule has 0 atom stereocenters. The first-order valence-electron chi connectivity index (χ1n) is 4.37. The Morgan fingerprint density at radius 3 is 2.13 bits per heavy atom. The summed E-state index contributed by atoms with van der Waals surface area (Å²) in [7, 11) is 1.60. The van der Waals surface area contributed by atoms with Crippen LogP contribution in [-0.4, -0.2) is 8.42 Å². The molecule has 84 valence electrons. The molecule has 0 aliphatic rings. The Balaban J connectivity index is 3.34. The second-order valence-corrected chi connectivity index (χ2v) is 7.72. The normalized spacial score (nSPS) is 12.9. The molecule has 0 fully saturated rings. The van der Waals surface area contributed by atoms with Crippen molar-refractivity contribution in [2.24, 2.45) is 0 Å². The molecular formula is C10H12BrClO2S. The molecule has 0 heterocycles. The van der Waals surface area contributed by atoms with E-state index in [1.165, 1.54) is 6.07 Å². The molecule has 0 saturated carbocycles. The quantitative estimate of drug-likeness (QED) is 0.742. The summed E-state index contributed by atoms with van der Waals surface area (Å²) in [6, 6.07) is 5.09. The van der Waals surface area contributed by atoms with Gasteiger partial charge in [-0.15, -0.1) is 0 Å². The fraction of sp³-hybridized carbons (Fsp3) is 0.400. The Labute approximate surface area is 103 Å². The van der Waals surface area contributed by atoms with Crippen molar-refractivity contribution in [3.63, 3.8) is 0 Å². The minimum Gasteiger partial charge on any atom is -0.207 e. The third-order valence-corrected chi connectivity index (χ3v) is 4.36. The van der Waals surface area contributed by atoms with Gasteiger partial charge in [0.25, 0.3) is 9.05 Å². The molecule has 0 aliphatic heterocycles. The zero-order chi connectivity index (χ0) is 11.9. The first-order valence-corrected chi connectivity index (χ1v) is 7.47. The fourth-order valence-corrected chi connectivity index (χ4v) is 3.39. The summed E-state index contributed by atoms with van der Waals surface area (Å²) >= 11 is 3.21. The number of hydrogen-bond acceptors (Lipinski definition) is 2. The van der Waals surface area contributed by atoms with Crippen LogP contribution in [0.25, 0.3) is 0 Å². The van der Waals surface area contributed by atoms with E-state index in [1.54, 1.807) is 12.1 Å². The van der Waals surface area contributed by atoms with Crippen molar-refractivity contribution < 1.29 is 8.42 Å². The Bertz CT molecular complexity index is 475. The van der Waals surface area contributed by atoms with E-state index < -0.39 is 9.05 Å². The van der Waals surface area contributed by atoms with E-state index in [2.05, 4.69) is 36.7 Å². The van der Waals surface area contributed by atoms with E-state index >= 15 is 0 Å². The minimum atomic E-state index is -3.67. The van der Waals surface area contributed by atoms with Crippen molar-refractivity contribution in [2.45, 2.75) is 31.1 Å². The van der Waals surface area contributed by atoms with Gasteiger partial charge >= 0.3 is 0 Å². The van der Waals surface area contributed by atoms with Crippen LogP contribution in [-0.2, 0) is 14.5 Å². The van der Waals surface area contributed by atoms with E-state index in [-0.39, 0.29) is 10.3 Å². The van der Waals surface area contributed by atoms with Gasteiger partial charge < -0.3 is 0 Å². The van der Waals surface area contributed by atoms with Crippen LogP contribution in [0.15, 0.2) is 27.6 Å². The summed E-state index contributed by atoms with van der Waals surface area (Å²) < 4.78 is 22.8. The molecule has 0 saturated heterocycles. The zero-order valence-corrected chi connectivity index (χ0v) is 11.9. The van der Waals surface area contributed by atoms with E-state index in [0.717, 1.165) is 5.56 Å². The van der Waals surface area contributed by atoms with Crippen molar-refractivity contribution in [3.05, 3.63) is 28.2 Å². The van der Waals surface area contributed by atoms with Gasteiger partial charge in [0, 0.05) is 15.2 Å². The van der Waals surface area contributed by atoms with Crippen molar-refractivity contribution in [2.75, 3.05) is 0 Å². The molecule has 15 heavy (non-hydrogen) atoms. The van der Waals surface area contributed by atoms with Gasteiger partial charge in [-0.3, -0.25) is 0 Å². The van der Waals surface area contributed by atoms with Crippen LogP contribution in [0.4, 0.5) is 0 Å². The first-order chi connectivity index (χ1) is 6.62. The summed E-state index contributed by atoms with van der Waals surface area (Å²) in [6.07, 6.45) is 0. The molecule has 0 unspecified atom stereocenters. The van der Waals surface area contributed by atoms with Crippen LogP contribution in [0.3, 0.4) is 0 Å². The smallest absolute Gasteiger partial charge is 0.207 e. The Morgan fingerprint density at radius 2 is 1.80 bits per heavy atom. The lowest BCUT2D eigenvalue weighted by Gasteiger charge is -2.19. The lowest BCUT2D eigenvalue weighted by molar-refractivity contribution is 0.587. The number of halogens is 2. The predicted molar refractivity (Wildman–Crippen MR) is 65.9 cm³/mol. The standard InChI is InChI=1S/C10H12BrClO2S/c1-10(2,3)7-4-5-9(8(11)6-7)15(12,13)14/h4-6H,1-3H3. The molecule has 5 heteroatoms. The predicted octanol–water partition coefficient (Wildman–Crippen LogP) is 3.67.